The van der Waals surface area contributed by atoms with Crippen LogP contribution < -0.4 is 10.9 Å². The van der Waals surface area contributed by atoms with Gasteiger partial charge in [-0.1, -0.05) is 38.1 Å². The second-order valence-corrected chi connectivity index (χ2v) is 7.38. The van der Waals surface area contributed by atoms with Gasteiger partial charge in [0.1, 0.15) is 0 Å². The Bertz CT molecular complexity index is 1220. The smallest absolute Gasteiger partial charge is 0.274 e. The fourth-order valence-electron chi connectivity index (χ4n) is 3.39. The first-order valence-corrected chi connectivity index (χ1v) is 9.37. The van der Waals surface area contributed by atoms with Crippen molar-refractivity contribution in [2.24, 2.45) is 5.92 Å². The van der Waals surface area contributed by atoms with Gasteiger partial charge >= 0.3 is 0 Å². The van der Waals surface area contributed by atoms with E-state index in [0.29, 0.717) is 17.6 Å². The summed E-state index contributed by atoms with van der Waals surface area (Å²) in [5.41, 5.74) is 2.17. The van der Waals surface area contributed by atoms with Gasteiger partial charge < -0.3 is 10.3 Å². The molecule has 0 saturated carbocycles. The van der Waals surface area contributed by atoms with Crippen LogP contribution in [0.1, 0.15) is 19.5 Å². The van der Waals surface area contributed by atoms with Crippen LogP contribution in [0.25, 0.3) is 21.7 Å². The number of rotatable bonds is 5. The fraction of sp³-hybridized carbons (Fsp3) is 0.227. The van der Waals surface area contributed by atoms with E-state index in [4.69, 9.17) is 0 Å². The lowest BCUT2D eigenvalue weighted by Crippen LogP contribution is -2.28. The predicted molar refractivity (Wildman–Crippen MR) is 111 cm³/mol. The summed E-state index contributed by atoms with van der Waals surface area (Å²) in [6.07, 6.45) is 1.96. The van der Waals surface area contributed by atoms with E-state index < -0.39 is 0 Å². The number of benzene rings is 2. The number of hydrogen-bond acceptors (Lipinski definition) is 3. The summed E-state index contributed by atoms with van der Waals surface area (Å²) >= 11 is 0. The summed E-state index contributed by atoms with van der Waals surface area (Å²) in [5.74, 6) is 0.110. The van der Waals surface area contributed by atoms with Gasteiger partial charge in [0.15, 0.2) is 0 Å². The highest BCUT2D eigenvalue weighted by Crippen LogP contribution is 2.19. The van der Waals surface area contributed by atoms with Gasteiger partial charge in [0, 0.05) is 29.3 Å². The van der Waals surface area contributed by atoms with Crippen molar-refractivity contribution in [2.75, 3.05) is 5.32 Å². The first-order valence-electron chi connectivity index (χ1n) is 9.37. The number of anilines is 1. The monoisotopic (exact) mass is 374 g/mol. The summed E-state index contributed by atoms with van der Waals surface area (Å²) in [6.45, 7) is 4.58. The Kier molecular flexibility index (Phi) is 4.69. The Morgan fingerprint density at radius 3 is 2.71 bits per heavy atom. The maximum atomic E-state index is 12.7. The average molecular weight is 374 g/mol. The number of amides is 1. The molecule has 0 aliphatic carbocycles. The zero-order valence-corrected chi connectivity index (χ0v) is 15.9. The molecule has 0 atom stereocenters. The molecule has 0 spiro atoms. The van der Waals surface area contributed by atoms with Crippen molar-refractivity contribution in [3.63, 3.8) is 0 Å². The number of hydrogen-bond donors (Lipinski definition) is 2. The molecule has 4 aromatic rings. The summed E-state index contributed by atoms with van der Waals surface area (Å²) in [4.78, 5) is 28.5. The summed E-state index contributed by atoms with van der Waals surface area (Å²) < 4.78 is 1.47. The highest BCUT2D eigenvalue weighted by Gasteiger charge is 2.14. The van der Waals surface area contributed by atoms with Crippen molar-refractivity contribution >= 4 is 33.3 Å². The van der Waals surface area contributed by atoms with Crippen LogP contribution in [0, 0.1) is 5.92 Å². The Morgan fingerprint density at radius 2 is 1.93 bits per heavy atom. The number of H-pyrrole nitrogens is 1. The standard InChI is InChI=1S/C22H22N4O2/c1-14(2)13-26-22(28)18-6-4-3-5-17(18)20(25-26)12-21(27)24-16-8-7-15-9-10-23-19(15)11-16/h3-11,14,23H,12-13H2,1-2H3,(H,24,27). The fourth-order valence-corrected chi connectivity index (χ4v) is 3.39. The van der Waals surface area contributed by atoms with E-state index >= 15 is 0 Å². The minimum Gasteiger partial charge on any atom is -0.361 e. The molecule has 2 aromatic heterocycles. The van der Waals surface area contributed by atoms with Crippen LogP contribution >= 0.6 is 0 Å². The Labute approximate surface area is 162 Å². The number of aromatic nitrogens is 3. The molecule has 2 N–H and O–H groups in total. The van der Waals surface area contributed by atoms with E-state index in [-0.39, 0.29) is 23.8 Å². The van der Waals surface area contributed by atoms with Crippen LogP contribution in [0.2, 0.25) is 0 Å². The molecule has 142 valence electrons. The Hall–Kier alpha value is -3.41. The molecule has 0 bridgehead atoms. The largest absolute Gasteiger partial charge is 0.361 e. The quantitative estimate of drug-likeness (QED) is 0.559. The normalized spacial score (nSPS) is 11.4. The van der Waals surface area contributed by atoms with Gasteiger partial charge in [-0.05, 0) is 35.6 Å². The summed E-state index contributed by atoms with van der Waals surface area (Å²) in [7, 11) is 0. The maximum absolute atomic E-state index is 12.7. The third-order valence-corrected chi connectivity index (χ3v) is 4.65. The number of fused-ring (bicyclic) bond motifs is 2. The number of aromatic amines is 1. The van der Waals surface area contributed by atoms with Crippen LogP contribution in [0.4, 0.5) is 5.69 Å². The van der Waals surface area contributed by atoms with Gasteiger partial charge in [-0.25, -0.2) is 4.68 Å². The lowest BCUT2D eigenvalue weighted by Gasteiger charge is -2.13. The van der Waals surface area contributed by atoms with Crippen LogP contribution in [-0.4, -0.2) is 20.7 Å². The van der Waals surface area contributed by atoms with E-state index in [0.717, 1.165) is 22.0 Å². The summed E-state index contributed by atoms with van der Waals surface area (Å²) in [5, 5.41) is 9.83. The van der Waals surface area contributed by atoms with E-state index in [1.807, 2.05) is 62.5 Å². The first kappa shape index (κ1) is 18.0. The molecule has 6 nitrogen and oxygen atoms in total. The van der Waals surface area contributed by atoms with Gasteiger partial charge in [0.25, 0.3) is 5.56 Å². The second-order valence-electron chi connectivity index (χ2n) is 7.38. The van der Waals surface area contributed by atoms with E-state index in [1.54, 1.807) is 6.07 Å². The van der Waals surface area contributed by atoms with Gasteiger partial charge in [-0.3, -0.25) is 9.59 Å². The molecule has 0 radical (unpaired) electrons. The molecular formula is C22H22N4O2. The molecule has 2 heterocycles. The third kappa shape index (κ3) is 3.53. The lowest BCUT2D eigenvalue weighted by atomic mass is 10.1. The van der Waals surface area contributed by atoms with Crippen LogP contribution in [0.5, 0.6) is 0 Å². The van der Waals surface area contributed by atoms with Crippen molar-refractivity contribution in [1.82, 2.24) is 14.8 Å². The molecule has 6 heteroatoms. The molecule has 1 amide bonds. The highest BCUT2D eigenvalue weighted by molar-refractivity contribution is 5.96. The lowest BCUT2D eigenvalue weighted by molar-refractivity contribution is -0.115. The molecule has 0 fully saturated rings. The molecule has 28 heavy (non-hydrogen) atoms. The van der Waals surface area contributed by atoms with Crippen LogP contribution in [-0.2, 0) is 17.8 Å². The minimum atomic E-state index is -0.168. The Balaban J connectivity index is 1.65. The SMILES string of the molecule is CC(C)Cn1nc(CC(=O)Nc2ccc3cc[nH]c3c2)c2ccccc2c1=O. The molecule has 4 rings (SSSR count). The van der Waals surface area contributed by atoms with Crippen LogP contribution in [0.15, 0.2) is 59.5 Å². The molecular weight excluding hydrogens is 352 g/mol. The number of carbonyl (C=O) groups excluding carboxylic acids is 1. The number of nitrogens with zero attached hydrogens (tertiary/aromatic N) is 2. The molecule has 0 aliphatic rings. The van der Waals surface area contributed by atoms with Crippen molar-refractivity contribution in [2.45, 2.75) is 26.8 Å². The summed E-state index contributed by atoms with van der Waals surface area (Å²) in [6, 6.07) is 15.0. The van der Waals surface area contributed by atoms with Gasteiger partial charge in [-0.15, -0.1) is 0 Å². The van der Waals surface area contributed by atoms with Crippen molar-refractivity contribution < 1.29 is 4.79 Å². The van der Waals surface area contributed by atoms with Crippen molar-refractivity contribution in [3.8, 4) is 0 Å². The van der Waals surface area contributed by atoms with E-state index in [2.05, 4.69) is 15.4 Å². The molecule has 0 aliphatic heterocycles. The number of carbonyl (C=O) groups is 1. The molecule has 0 unspecified atom stereocenters. The zero-order valence-electron chi connectivity index (χ0n) is 15.9. The van der Waals surface area contributed by atoms with Crippen LogP contribution in [0.3, 0.4) is 0 Å². The average Bonchev–Trinajstić information content (AvgIpc) is 3.13. The Morgan fingerprint density at radius 1 is 1.14 bits per heavy atom. The van der Waals surface area contributed by atoms with Gasteiger partial charge in [0.2, 0.25) is 5.91 Å². The molecule has 2 aromatic carbocycles. The predicted octanol–water partition coefficient (Wildman–Crippen LogP) is 3.72. The van der Waals surface area contributed by atoms with E-state index in [9.17, 15) is 9.59 Å². The van der Waals surface area contributed by atoms with Crippen molar-refractivity contribution in [1.29, 1.82) is 0 Å². The zero-order chi connectivity index (χ0) is 19.7. The van der Waals surface area contributed by atoms with E-state index in [1.165, 1.54) is 4.68 Å². The van der Waals surface area contributed by atoms with Gasteiger partial charge in [-0.2, -0.15) is 5.10 Å². The topological polar surface area (TPSA) is 79.8 Å². The first-order chi connectivity index (χ1) is 13.5. The minimum absolute atomic E-state index is 0.0989. The maximum Gasteiger partial charge on any atom is 0.274 e. The van der Waals surface area contributed by atoms with Crippen molar-refractivity contribution in [3.05, 3.63) is 70.8 Å². The third-order valence-electron chi connectivity index (χ3n) is 4.65. The highest BCUT2D eigenvalue weighted by atomic mass is 16.1. The van der Waals surface area contributed by atoms with Gasteiger partial charge in [0.05, 0.1) is 17.5 Å². The second kappa shape index (κ2) is 7.31. The molecule has 0 saturated heterocycles. The number of nitrogens with one attached hydrogen (secondary N) is 2.